The molecule has 0 radical (unpaired) electrons. The van der Waals surface area contributed by atoms with Crippen molar-refractivity contribution in [3.63, 3.8) is 0 Å². The Morgan fingerprint density at radius 1 is 1.33 bits per heavy atom. The molecule has 3 nitrogen and oxygen atoms in total. The average molecular weight is 247 g/mol. The van der Waals surface area contributed by atoms with Gasteiger partial charge in [0.2, 0.25) is 0 Å². The lowest BCUT2D eigenvalue weighted by molar-refractivity contribution is 0.336. The molecule has 0 aromatic heterocycles. The van der Waals surface area contributed by atoms with Gasteiger partial charge < -0.3 is 15.1 Å². The van der Waals surface area contributed by atoms with Gasteiger partial charge in [-0.3, -0.25) is 0 Å². The van der Waals surface area contributed by atoms with Crippen molar-refractivity contribution < 1.29 is 0 Å². The minimum Gasteiger partial charge on any atom is -0.364 e. The normalized spacial score (nSPS) is 20.5. The molecule has 0 saturated carbocycles. The van der Waals surface area contributed by atoms with Gasteiger partial charge in [-0.05, 0) is 45.1 Å². The third kappa shape index (κ3) is 3.03. The average Bonchev–Trinajstić information content (AvgIpc) is 2.32. The summed E-state index contributed by atoms with van der Waals surface area (Å²) in [6, 6.07) is 7.32. The molecule has 100 valence electrons. The first-order chi connectivity index (χ1) is 8.58. The van der Waals surface area contributed by atoms with Crippen LogP contribution in [-0.2, 0) is 0 Å². The smallest absolute Gasteiger partial charge is 0.0541 e. The Hall–Kier alpha value is -1.06. The predicted octanol–water partition coefficient (Wildman–Crippen LogP) is 1.64. The molecule has 1 heterocycles. The third-order valence-electron chi connectivity index (χ3n) is 3.60. The maximum Gasteiger partial charge on any atom is 0.0541 e. The largest absolute Gasteiger partial charge is 0.364 e. The first kappa shape index (κ1) is 13.4. The zero-order chi connectivity index (χ0) is 13.1. The third-order valence-corrected chi connectivity index (χ3v) is 3.60. The highest BCUT2D eigenvalue weighted by atomic mass is 15.3. The fourth-order valence-electron chi connectivity index (χ4n) is 2.69. The van der Waals surface area contributed by atoms with Crippen molar-refractivity contribution in [2.45, 2.75) is 19.9 Å². The topological polar surface area (TPSA) is 18.5 Å². The number of nitrogens with zero attached hydrogens (tertiary/aromatic N) is 2. The van der Waals surface area contributed by atoms with Gasteiger partial charge in [-0.15, -0.1) is 0 Å². The maximum absolute atomic E-state index is 3.51. The molecule has 1 N–H and O–H groups in total. The summed E-state index contributed by atoms with van der Waals surface area (Å²) >= 11 is 0. The monoisotopic (exact) mass is 247 g/mol. The maximum atomic E-state index is 3.51. The van der Waals surface area contributed by atoms with Crippen LogP contribution in [0.4, 0.5) is 5.69 Å². The Balaban J connectivity index is 2.24. The standard InChI is InChI=1S/C15H25N3/c1-12-5-6-13(2)15(9-12)18-8-7-16-10-14(18)11-17(3)4/h5-6,9,14,16H,7-8,10-11H2,1-4H3. The Kier molecular flexibility index (Phi) is 4.25. The Morgan fingerprint density at radius 2 is 2.11 bits per heavy atom. The number of hydrogen-bond donors (Lipinski definition) is 1. The van der Waals surface area contributed by atoms with Crippen molar-refractivity contribution in [3.8, 4) is 0 Å². The SMILES string of the molecule is Cc1ccc(C)c(N2CCNCC2CN(C)C)c1. The number of aryl methyl sites for hydroxylation is 2. The van der Waals surface area contributed by atoms with Gasteiger partial charge in [0.05, 0.1) is 6.04 Å². The quantitative estimate of drug-likeness (QED) is 0.876. The van der Waals surface area contributed by atoms with Gasteiger partial charge in [-0.2, -0.15) is 0 Å². The number of nitrogens with one attached hydrogen (secondary N) is 1. The van der Waals surface area contributed by atoms with Gasteiger partial charge in [0.25, 0.3) is 0 Å². The Morgan fingerprint density at radius 3 is 2.83 bits per heavy atom. The molecule has 1 aromatic carbocycles. The second-order valence-electron chi connectivity index (χ2n) is 5.60. The molecule has 1 unspecified atom stereocenters. The number of benzene rings is 1. The van der Waals surface area contributed by atoms with E-state index in [0.29, 0.717) is 6.04 Å². The van der Waals surface area contributed by atoms with E-state index >= 15 is 0 Å². The van der Waals surface area contributed by atoms with Crippen LogP contribution in [0.2, 0.25) is 0 Å². The van der Waals surface area contributed by atoms with Crippen LogP contribution in [0.3, 0.4) is 0 Å². The Bertz CT molecular complexity index is 401. The summed E-state index contributed by atoms with van der Waals surface area (Å²) in [5.41, 5.74) is 4.13. The first-order valence-corrected chi connectivity index (χ1v) is 6.77. The molecule has 2 rings (SSSR count). The highest BCUT2D eigenvalue weighted by molar-refractivity contribution is 5.56. The molecule has 1 fully saturated rings. The van der Waals surface area contributed by atoms with Crippen molar-refractivity contribution in [3.05, 3.63) is 29.3 Å². The minimum atomic E-state index is 0.564. The molecular weight excluding hydrogens is 222 g/mol. The summed E-state index contributed by atoms with van der Waals surface area (Å²) in [6.07, 6.45) is 0. The molecule has 1 atom stereocenters. The number of anilines is 1. The number of likely N-dealkylation sites (N-methyl/N-ethyl adjacent to an activating group) is 1. The van der Waals surface area contributed by atoms with Crippen LogP contribution in [0, 0.1) is 13.8 Å². The van der Waals surface area contributed by atoms with Crippen molar-refractivity contribution >= 4 is 5.69 Å². The lowest BCUT2D eigenvalue weighted by Gasteiger charge is -2.40. The van der Waals surface area contributed by atoms with Crippen molar-refractivity contribution in [1.29, 1.82) is 0 Å². The van der Waals surface area contributed by atoms with E-state index in [1.54, 1.807) is 0 Å². The number of rotatable bonds is 3. The van der Waals surface area contributed by atoms with Crippen molar-refractivity contribution in [2.75, 3.05) is 45.2 Å². The van der Waals surface area contributed by atoms with E-state index in [2.05, 4.69) is 61.3 Å². The van der Waals surface area contributed by atoms with Crippen LogP contribution in [0.1, 0.15) is 11.1 Å². The molecule has 0 amide bonds. The van der Waals surface area contributed by atoms with E-state index in [9.17, 15) is 0 Å². The second-order valence-corrected chi connectivity index (χ2v) is 5.60. The molecule has 3 heteroatoms. The van der Waals surface area contributed by atoms with Gasteiger partial charge in [-0.1, -0.05) is 12.1 Å². The first-order valence-electron chi connectivity index (χ1n) is 6.77. The van der Waals surface area contributed by atoms with Crippen LogP contribution < -0.4 is 10.2 Å². The molecule has 1 aliphatic heterocycles. The van der Waals surface area contributed by atoms with Crippen LogP contribution in [-0.4, -0.2) is 51.2 Å². The van der Waals surface area contributed by atoms with Crippen LogP contribution in [0.15, 0.2) is 18.2 Å². The number of hydrogen-bond acceptors (Lipinski definition) is 3. The second kappa shape index (κ2) is 5.72. The van der Waals surface area contributed by atoms with Crippen LogP contribution >= 0.6 is 0 Å². The molecule has 18 heavy (non-hydrogen) atoms. The van der Waals surface area contributed by atoms with E-state index in [4.69, 9.17) is 0 Å². The van der Waals surface area contributed by atoms with E-state index < -0.39 is 0 Å². The number of piperazine rings is 1. The molecule has 0 aliphatic carbocycles. The highest BCUT2D eigenvalue weighted by Gasteiger charge is 2.23. The zero-order valence-electron chi connectivity index (χ0n) is 12.0. The van der Waals surface area contributed by atoms with Gasteiger partial charge in [0.1, 0.15) is 0 Å². The highest BCUT2D eigenvalue weighted by Crippen LogP contribution is 2.24. The minimum absolute atomic E-state index is 0.564. The summed E-state index contributed by atoms with van der Waals surface area (Å²) in [7, 11) is 4.30. The summed E-state index contributed by atoms with van der Waals surface area (Å²) in [5.74, 6) is 0. The lowest BCUT2D eigenvalue weighted by Crippen LogP contribution is -2.55. The Labute approximate surface area is 111 Å². The van der Waals surface area contributed by atoms with Crippen LogP contribution in [0.25, 0.3) is 0 Å². The summed E-state index contributed by atoms with van der Waals surface area (Å²) < 4.78 is 0. The van der Waals surface area contributed by atoms with Crippen molar-refractivity contribution in [2.24, 2.45) is 0 Å². The fraction of sp³-hybridized carbons (Fsp3) is 0.600. The van der Waals surface area contributed by atoms with E-state index in [1.807, 2.05) is 0 Å². The van der Waals surface area contributed by atoms with Gasteiger partial charge in [0.15, 0.2) is 0 Å². The molecule has 0 spiro atoms. The van der Waals surface area contributed by atoms with E-state index in [1.165, 1.54) is 16.8 Å². The molecule has 1 aliphatic rings. The van der Waals surface area contributed by atoms with Gasteiger partial charge in [0, 0.05) is 31.9 Å². The zero-order valence-corrected chi connectivity index (χ0v) is 12.0. The summed E-state index contributed by atoms with van der Waals surface area (Å²) in [4.78, 5) is 4.84. The molecule has 0 bridgehead atoms. The molecular formula is C15H25N3. The van der Waals surface area contributed by atoms with Gasteiger partial charge >= 0.3 is 0 Å². The summed E-state index contributed by atoms with van der Waals surface area (Å²) in [6.45, 7) is 8.74. The van der Waals surface area contributed by atoms with Crippen LogP contribution in [0.5, 0.6) is 0 Å². The van der Waals surface area contributed by atoms with E-state index in [-0.39, 0.29) is 0 Å². The summed E-state index contributed by atoms with van der Waals surface area (Å²) in [5, 5.41) is 3.51. The van der Waals surface area contributed by atoms with E-state index in [0.717, 1.165) is 26.2 Å². The van der Waals surface area contributed by atoms with Gasteiger partial charge in [-0.25, -0.2) is 0 Å². The molecule has 1 saturated heterocycles. The van der Waals surface area contributed by atoms with Crippen molar-refractivity contribution in [1.82, 2.24) is 10.2 Å². The predicted molar refractivity (Wildman–Crippen MR) is 78.5 cm³/mol. The lowest BCUT2D eigenvalue weighted by atomic mass is 10.1. The molecule has 1 aromatic rings. The fourth-order valence-corrected chi connectivity index (χ4v) is 2.69.